The Hall–Kier alpha value is -2.47. The van der Waals surface area contributed by atoms with Crippen LogP contribution >= 0.6 is 0 Å². The van der Waals surface area contributed by atoms with Gasteiger partial charge in [0.15, 0.2) is 6.61 Å². The predicted octanol–water partition coefficient (Wildman–Crippen LogP) is 3.73. The Kier molecular flexibility index (Phi) is 7.73. The molecular formula is C21H25NO4S. The van der Waals surface area contributed by atoms with Gasteiger partial charge < -0.3 is 10.1 Å². The Morgan fingerprint density at radius 1 is 0.963 bits per heavy atom. The third-order valence-electron chi connectivity index (χ3n) is 4.21. The van der Waals surface area contributed by atoms with E-state index in [-0.39, 0.29) is 5.56 Å². The van der Waals surface area contributed by atoms with E-state index >= 15 is 0 Å². The first-order valence-electron chi connectivity index (χ1n) is 9.06. The Morgan fingerprint density at radius 2 is 1.59 bits per heavy atom. The molecule has 5 nitrogen and oxygen atoms in total. The number of aryl methyl sites for hydroxylation is 2. The van der Waals surface area contributed by atoms with Gasteiger partial charge in [0.1, 0.15) is 0 Å². The van der Waals surface area contributed by atoms with Crippen LogP contribution in [0.2, 0.25) is 0 Å². The van der Waals surface area contributed by atoms with Gasteiger partial charge in [-0.05, 0) is 36.1 Å². The van der Waals surface area contributed by atoms with Crippen molar-refractivity contribution >= 4 is 28.4 Å². The topological polar surface area (TPSA) is 72.5 Å². The summed E-state index contributed by atoms with van der Waals surface area (Å²) in [7, 11) is -1.28. The van der Waals surface area contributed by atoms with Gasteiger partial charge in [-0.2, -0.15) is 0 Å². The molecule has 0 spiro atoms. The fourth-order valence-corrected chi connectivity index (χ4v) is 3.71. The highest BCUT2D eigenvalue weighted by atomic mass is 32.2. The van der Waals surface area contributed by atoms with E-state index in [0.717, 1.165) is 29.7 Å². The molecule has 144 valence electrons. The molecule has 6 heteroatoms. The van der Waals surface area contributed by atoms with Crippen LogP contribution in [0.15, 0.2) is 47.4 Å². The largest absolute Gasteiger partial charge is 0.452 e. The first-order chi connectivity index (χ1) is 13.0. The molecule has 2 aromatic carbocycles. The van der Waals surface area contributed by atoms with E-state index in [0.29, 0.717) is 10.6 Å². The van der Waals surface area contributed by atoms with Crippen LogP contribution in [0, 0.1) is 0 Å². The van der Waals surface area contributed by atoms with Gasteiger partial charge in [0.05, 0.1) is 21.3 Å². The number of carbonyl (C=O) groups is 2. The molecule has 0 saturated carbocycles. The van der Waals surface area contributed by atoms with E-state index in [2.05, 4.69) is 5.32 Å². The Morgan fingerprint density at radius 3 is 2.19 bits per heavy atom. The van der Waals surface area contributed by atoms with Gasteiger partial charge in [-0.1, -0.05) is 51.1 Å². The van der Waals surface area contributed by atoms with Crippen molar-refractivity contribution in [3.05, 3.63) is 59.2 Å². The molecule has 0 saturated heterocycles. The molecule has 0 aromatic heterocycles. The minimum absolute atomic E-state index is 0.230. The average molecular weight is 388 g/mol. The number of ether oxygens (including phenoxy) is 1. The van der Waals surface area contributed by atoms with E-state index in [9.17, 15) is 13.8 Å². The maximum Gasteiger partial charge on any atom is 0.339 e. The van der Waals surface area contributed by atoms with E-state index < -0.39 is 29.3 Å². The summed E-state index contributed by atoms with van der Waals surface area (Å²) in [6.07, 6.45) is 1.58. The monoisotopic (exact) mass is 387 g/mol. The zero-order valence-electron chi connectivity index (χ0n) is 15.9. The number of amides is 1. The molecule has 0 bridgehead atoms. The predicted molar refractivity (Wildman–Crippen MR) is 108 cm³/mol. The first-order valence-corrected chi connectivity index (χ1v) is 10.4. The zero-order chi connectivity index (χ0) is 19.8. The van der Waals surface area contributed by atoms with Crippen molar-refractivity contribution in [3.63, 3.8) is 0 Å². The molecule has 27 heavy (non-hydrogen) atoms. The fraction of sp³-hybridized carbons (Fsp3) is 0.333. The molecule has 1 unspecified atom stereocenters. The summed E-state index contributed by atoms with van der Waals surface area (Å²) in [6.45, 7) is 5.43. The minimum atomic E-state index is -1.28. The molecule has 1 atom stereocenters. The highest BCUT2D eigenvalue weighted by molar-refractivity contribution is 7.85. The van der Waals surface area contributed by atoms with Gasteiger partial charge in [0.2, 0.25) is 0 Å². The van der Waals surface area contributed by atoms with E-state index in [1.807, 2.05) is 32.0 Å². The number of hydrogen-bond donors (Lipinski definition) is 1. The quantitative estimate of drug-likeness (QED) is 0.701. The van der Waals surface area contributed by atoms with Gasteiger partial charge in [0, 0.05) is 11.4 Å². The molecule has 0 fully saturated rings. The summed E-state index contributed by atoms with van der Waals surface area (Å²) < 4.78 is 17.2. The van der Waals surface area contributed by atoms with E-state index in [1.54, 1.807) is 31.2 Å². The Balaban J connectivity index is 2.07. The van der Waals surface area contributed by atoms with Gasteiger partial charge in [-0.15, -0.1) is 0 Å². The number of benzene rings is 2. The lowest BCUT2D eigenvalue weighted by Crippen LogP contribution is -2.22. The Labute approximate surface area is 162 Å². The van der Waals surface area contributed by atoms with Gasteiger partial charge in [-0.25, -0.2) is 4.79 Å². The Bertz CT molecular complexity index is 826. The molecule has 1 N–H and O–H groups in total. The molecule has 0 radical (unpaired) electrons. The molecule has 2 rings (SSSR count). The second kappa shape index (κ2) is 10.0. The van der Waals surface area contributed by atoms with E-state index in [4.69, 9.17) is 4.74 Å². The zero-order valence-corrected chi connectivity index (χ0v) is 16.7. The summed E-state index contributed by atoms with van der Waals surface area (Å²) >= 11 is 0. The number of carbonyl (C=O) groups excluding carboxylic acids is 2. The third-order valence-corrected chi connectivity index (χ3v) is 5.58. The van der Waals surface area contributed by atoms with Crippen LogP contribution in [-0.4, -0.2) is 28.4 Å². The van der Waals surface area contributed by atoms with Crippen LogP contribution in [0.25, 0.3) is 0 Å². The van der Waals surface area contributed by atoms with Crippen LogP contribution in [0.5, 0.6) is 0 Å². The van der Waals surface area contributed by atoms with Crippen LogP contribution in [0.1, 0.15) is 42.3 Å². The fourth-order valence-electron chi connectivity index (χ4n) is 2.78. The van der Waals surface area contributed by atoms with Gasteiger partial charge >= 0.3 is 5.97 Å². The summed E-state index contributed by atoms with van der Waals surface area (Å²) in [5.74, 6) is -0.645. The number of nitrogens with one attached hydrogen (secondary N) is 1. The van der Waals surface area contributed by atoms with Crippen LogP contribution in [0.4, 0.5) is 5.69 Å². The summed E-state index contributed by atoms with van der Waals surface area (Å²) in [5, 5.41) is 2.86. The van der Waals surface area contributed by atoms with Crippen molar-refractivity contribution in [2.24, 2.45) is 0 Å². The standard InChI is InChI=1S/C21H25NO4S/c1-4-15-10-9-11-16(5-2)20(15)22-19(23)14-26-21(24)17-12-7-8-13-18(17)27(25)6-3/h7-13H,4-6,14H2,1-3H3,(H,22,23). The highest BCUT2D eigenvalue weighted by Crippen LogP contribution is 2.22. The minimum Gasteiger partial charge on any atom is -0.452 e. The third kappa shape index (κ3) is 5.26. The maximum atomic E-state index is 12.4. The molecule has 0 heterocycles. The molecule has 0 aliphatic heterocycles. The summed E-state index contributed by atoms with van der Waals surface area (Å²) in [5.41, 5.74) is 3.10. The lowest BCUT2D eigenvalue weighted by molar-refractivity contribution is -0.119. The number of rotatable bonds is 8. The number of para-hydroxylation sites is 1. The van der Waals surface area contributed by atoms with Crippen LogP contribution in [0.3, 0.4) is 0 Å². The number of esters is 1. The van der Waals surface area contributed by atoms with E-state index in [1.165, 1.54) is 0 Å². The maximum absolute atomic E-state index is 12.4. The number of anilines is 1. The van der Waals surface area contributed by atoms with Crippen molar-refractivity contribution in [1.82, 2.24) is 0 Å². The summed E-state index contributed by atoms with van der Waals surface area (Å²) in [4.78, 5) is 25.1. The van der Waals surface area contributed by atoms with Crippen LogP contribution in [-0.2, 0) is 33.2 Å². The molecule has 2 aromatic rings. The lowest BCUT2D eigenvalue weighted by Gasteiger charge is -2.14. The highest BCUT2D eigenvalue weighted by Gasteiger charge is 2.18. The average Bonchev–Trinajstić information content (AvgIpc) is 2.71. The second-order valence-corrected chi connectivity index (χ2v) is 7.62. The first kappa shape index (κ1) is 20.8. The summed E-state index contributed by atoms with van der Waals surface area (Å²) in [6, 6.07) is 12.5. The lowest BCUT2D eigenvalue weighted by atomic mass is 10.0. The van der Waals surface area contributed by atoms with Crippen molar-refractivity contribution in [2.75, 3.05) is 17.7 Å². The van der Waals surface area contributed by atoms with Crippen molar-refractivity contribution in [2.45, 2.75) is 38.5 Å². The molecule has 0 aliphatic rings. The van der Waals surface area contributed by atoms with Gasteiger partial charge in [-0.3, -0.25) is 9.00 Å². The van der Waals surface area contributed by atoms with Crippen molar-refractivity contribution < 1.29 is 18.5 Å². The molecular weight excluding hydrogens is 362 g/mol. The SMILES string of the molecule is CCc1cccc(CC)c1NC(=O)COC(=O)c1ccccc1S(=O)CC. The second-order valence-electron chi connectivity index (χ2n) is 5.91. The van der Waals surface area contributed by atoms with Crippen LogP contribution < -0.4 is 5.32 Å². The molecule has 0 aliphatic carbocycles. The van der Waals surface area contributed by atoms with Crippen molar-refractivity contribution in [1.29, 1.82) is 0 Å². The normalized spacial score (nSPS) is 11.7. The molecule has 1 amide bonds. The van der Waals surface area contributed by atoms with Crippen molar-refractivity contribution in [3.8, 4) is 0 Å². The number of hydrogen-bond acceptors (Lipinski definition) is 4. The van der Waals surface area contributed by atoms with Gasteiger partial charge in [0.25, 0.3) is 5.91 Å². The smallest absolute Gasteiger partial charge is 0.339 e.